The molecule has 0 spiro atoms. The van der Waals surface area contributed by atoms with Gasteiger partial charge in [-0.05, 0) is 49.4 Å². The normalized spacial score (nSPS) is 12.7. The van der Waals surface area contributed by atoms with Crippen LogP contribution in [0.4, 0.5) is 0 Å². The van der Waals surface area contributed by atoms with Crippen LogP contribution in [0.25, 0.3) is 0 Å². The van der Waals surface area contributed by atoms with Gasteiger partial charge < -0.3 is 10.1 Å². The molecular formula is C17H29NO. The maximum atomic E-state index is 5.84. The van der Waals surface area contributed by atoms with Crippen LogP contribution in [0.1, 0.15) is 58.4 Å². The van der Waals surface area contributed by atoms with Crippen molar-refractivity contribution >= 4 is 0 Å². The lowest BCUT2D eigenvalue weighted by Crippen LogP contribution is -2.28. The first kappa shape index (κ1) is 16.0. The lowest BCUT2D eigenvalue weighted by atomic mass is 10.0. The standard InChI is InChI=1S/C17H29NO/c1-5-16(18-6-2)10-8-12-19-17-11-7-9-15(13-17)14(3)4/h7,9,11,13-14,16,18H,5-6,8,10,12H2,1-4H3. The number of nitrogens with one attached hydrogen (secondary N) is 1. The molecule has 1 aromatic rings. The Balaban J connectivity index is 2.31. The van der Waals surface area contributed by atoms with Crippen molar-refractivity contribution in [2.24, 2.45) is 0 Å². The van der Waals surface area contributed by atoms with E-state index in [2.05, 4.69) is 51.2 Å². The largest absolute Gasteiger partial charge is 0.494 e. The van der Waals surface area contributed by atoms with Gasteiger partial charge in [0.1, 0.15) is 5.75 Å². The Labute approximate surface area is 118 Å². The molecule has 0 saturated heterocycles. The Hall–Kier alpha value is -1.02. The fourth-order valence-electron chi connectivity index (χ4n) is 2.22. The van der Waals surface area contributed by atoms with Crippen molar-refractivity contribution in [2.45, 2.75) is 58.9 Å². The zero-order valence-corrected chi connectivity index (χ0v) is 12.9. The first-order chi connectivity index (χ1) is 9.17. The molecule has 1 atom stereocenters. The van der Waals surface area contributed by atoms with E-state index in [1.807, 2.05) is 6.07 Å². The summed E-state index contributed by atoms with van der Waals surface area (Å²) in [6, 6.07) is 9.09. The Morgan fingerprint density at radius 3 is 2.63 bits per heavy atom. The molecule has 1 aromatic carbocycles. The average Bonchev–Trinajstić information content (AvgIpc) is 2.42. The van der Waals surface area contributed by atoms with Crippen molar-refractivity contribution in [3.8, 4) is 5.75 Å². The Kier molecular flexibility index (Phi) is 7.57. The molecule has 0 aromatic heterocycles. The van der Waals surface area contributed by atoms with Crippen LogP contribution in [0.3, 0.4) is 0 Å². The van der Waals surface area contributed by atoms with Crippen LogP contribution in [0, 0.1) is 0 Å². The quantitative estimate of drug-likeness (QED) is 0.668. The summed E-state index contributed by atoms with van der Waals surface area (Å²) in [4.78, 5) is 0. The van der Waals surface area contributed by atoms with E-state index in [-0.39, 0.29) is 0 Å². The van der Waals surface area contributed by atoms with E-state index >= 15 is 0 Å². The predicted molar refractivity (Wildman–Crippen MR) is 83.0 cm³/mol. The van der Waals surface area contributed by atoms with Gasteiger partial charge in [-0.1, -0.05) is 39.8 Å². The van der Waals surface area contributed by atoms with Gasteiger partial charge in [-0.3, -0.25) is 0 Å². The number of rotatable bonds is 9. The second-order valence-electron chi connectivity index (χ2n) is 5.38. The predicted octanol–water partition coefficient (Wildman–Crippen LogP) is 4.36. The van der Waals surface area contributed by atoms with Gasteiger partial charge in [-0.25, -0.2) is 0 Å². The number of hydrogen-bond donors (Lipinski definition) is 1. The van der Waals surface area contributed by atoms with E-state index in [1.54, 1.807) is 0 Å². The summed E-state index contributed by atoms with van der Waals surface area (Å²) in [6.45, 7) is 10.7. The summed E-state index contributed by atoms with van der Waals surface area (Å²) in [6.07, 6.45) is 3.49. The lowest BCUT2D eigenvalue weighted by Gasteiger charge is -2.16. The second-order valence-corrected chi connectivity index (χ2v) is 5.38. The molecule has 19 heavy (non-hydrogen) atoms. The zero-order chi connectivity index (χ0) is 14.1. The maximum absolute atomic E-state index is 5.84. The third-order valence-corrected chi connectivity index (χ3v) is 3.48. The SMILES string of the molecule is CCNC(CC)CCCOc1cccc(C(C)C)c1. The van der Waals surface area contributed by atoms with Crippen LogP contribution in [-0.4, -0.2) is 19.2 Å². The summed E-state index contributed by atoms with van der Waals surface area (Å²) in [5, 5.41) is 3.50. The highest BCUT2D eigenvalue weighted by Crippen LogP contribution is 2.20. The topological polar surface area (TPSA) is 21.3 Å². The smallest absolute Gasteiger partial charge is 0.119 e. The van der Waals surface area contributed by atoms with Crippen molar-refractivity contribution < 1.29 is 4.74 Å². The maximum Gasteiger partial charge on any atom is 0.119 e. The number of benzene rings is 1. The molecule has 108 valence electrons. The molecule has 0 aliphatic heterocycles. The van der Waals surface area contributed by atoms with Crippen molar-refractivity contribution in [1.82, 2.24) is 5.32 Å². The number of hydrogen-bond acceptors (Lipinski definition) is 2. The Morgan fingerprint density at radius 2 is 2.00 bits per heavy atom. The van der Waals surface area contributed by atoms with Crippen LogP contribution in [0.2, 0.25) is 0 Å². The number of ether oxygens (including phenoxy) is 1. The molecular weight excluding hydrogens is 234 g/mol. The van der Waals surface area contributed by atoms with Gasteiger partial charge >= 0.3 is 0 Å². The van der Waals surface area contributed by atoms with E-state index in [0.717, 1.165) is 25.3 Å². The molecule has 2 nitrogen and oxygen atoms in total. The van der Waals surface area contributed by atoms with Crippen LogP contribution in [-0.2, 0) is 0 Å². The van der Waals surface area contributed by atoms with Gasteiger partial charge in [-0.15, -0.1) is 0 Å². The first-order valence-corrected chi connectivity index (χ1v) is 7.63. The Morgan fingerprint density at radius 1 is 1.21 bits per heavy atom. The van der Waals surface area contributed by atoms with Crippen LogP contribution >= 0.6 is 0 Å². The summed E-state index contributed by atoms with van der Waals surface area (Å²) >= 11 is 0. The molecule has 0 fully saturated rings. The first-order valence-electron chi connectivity index (χ1n) is 7.63. The summed E-state index contributed by atoms with van der Waals surface area (Å²) in [7, 11) is 0. The van der Waals surface area contributed by atoms with Crippen LogP contribution in [0.5, 0.6) is 5.75 Å². The third kappa shape index (κ3) is 6.11. The van der Waals surface area contributed by atoms with Gasteiger partial charge in [-0.2, -0.15) is 0 Å². The van der Waals surface area contributed by atoms with Crippen molar-refractivity contribution in [3.63, 3.8) is 0 Å². The molecule has 0 bridgehead atoms. The zero-order valence-electron chi connectivity index (χ0n) is 12.9. The fourth-order valence-corrected chi connectivity index (χ4v) is 2.22. The summed E-state index contributed by atoms with van der Waals surface area (Å²) < 4.78 is 5.84. The highest BCUT2D eigenvalue weighted by Gasteiger charge is 2.04. The molecule has 1 N–H and O–H groups in total. The average molecular weight is 263 g/mol. The Bertz CT molecular complexity index is 349. The fraction of sp³-hybridized carbons (Fsp3) is 0.647. The van der Waals surface area contributed by atoms with Gasteiger partial charge in [0.25, 0.3) is 0 Å². The molecule has 1 rings (SSSR count). The van der Waals surface area contributed by atoms with Crippen LogP contribution in [0.15, 0.2) is 24.3 Å². The van der Waals surface area contributed by atoms with Crippen molar-refractivity contribution in [3.05, 3.63) is 29.8 Å². The van der Waals surface area contributed by atoms with E-state index < -0.39 is 0 Å². The van der Waals surface area contributed by atoms with E-state index in [1.165, 1.54) is 18.4 Å². The van der Waals surface area contributed by atoms with Crippen molar-refractivity contribution in [2.75, 3.05) is 13.2 Å². The van der Waals surface area contributed by atoms with Gasteiger partial charge in [0.05, 0.1) is 6.61 Å². The molecule has 2 heteroatoms. The van der Waals surface area contributed by atoms with E-state index in [0.29, 0.717) is 12.0 Å². The van der Waals surface area contributed by atoms with Crippen molar-refractivity contribution in [1.29, 1.82) is 0 Å². The molecule has 0 amide bonds. The lowest BCUT2D eigenvalue weighted by molar-refractivity contribution is 0.294. The summed E-state index contributed by atoms with van der Waals surface area (Å²) in [5.41, 5.74) is 1.34. The molecule has 0 saturated carbocycles. The third-order valence-electron chi connectivity index (χ3n) is 3.48. The molecule has 1 unspecified atom stereocenters. The molecule has 0 radical (unpaired) electrons. The van der Waals surface area contributed by atoms with Gasteiger partial charge in [0, 0.05) is 6.04 Å². The monoisotopic (exact) mass is 263 g/mol. The van der Waals surface area contributed by atoms with E-state index in [9.17, 15) is 0 Å². The highest BCUT2D eigenvalue weighted by atomic mass is 16.5. The molecule has 0 aliphatic rings. The van der Waals surface area contributed by atoms with E-state index in [4.69, 9.17) is 4.74 Å². The molecule has 0 aliphatic carbocycles. The highest BCUT2D eigenvalue weighted by molar-refractivity contribution is 5.30. The minimum atomic E-state index is 0.557. The van der Waals surface area contributed by atoms with Crippen LogP contribution < -0.4 is 10.1 Å². The summed E-state index contributed by atoms with van der Waals surface area (Å²) in [5.74, 6) is 1.56. The second kappa shape index (κ2) is 8.98. The van der Waals surface area contributed by atoms with Gasteiger partial charge in [0.15, 0.2) is 0 Å². The van der Waals surface area contributed by atoms with Gasteiger partial charge in [0.2, 0.25) is 0 Å². The minimum absolute atomic E-state index is 0.557. The molecule has 0 heterocycles. The minimum Gasteiger partial charge on any atom is -0.494 e.